The van der Waals surface area contributed by atoms with Gasteiger partial charge in [0.05, 0.1) is 23.9 Å². The van der Waals surface area contributed by atoms with E-state index in [4.69, 9.17) is 5.73 Å². The van der Waals surface area contributed by atoms with Crippen molar-refractivity contribution in [2.24, 2.45) is 5.73 Å². The fourth-order valence-electron chi connectivity index (χ4n) is 1.58. The minimum Gasteiger partial charge on any atom is -0.369 e. The standard InChI is InChI=1S/C11H14N4O/c12-11(16)6-13-4-3-8-1-2-9-10(5-8)15-7-14-9/h1-2,5,7,13H,3-4,6H2,(H2,12,16)(H,14,15). The monoisotopic (exact) mass is 218 g/mol. The van der Waals surface area contributed by atoms with E-state index in [1.165, 1.54) is 5.56 Å². The topological polar surface area (TPSA) is 83.8 Å². The van der Waals surface area contributed by atoms with Crippen LogP contribution in [-0.4, -0.2) is 29.0 Å². The molecular formula is C11H14N4O. The number of fused-ring (bicyclic) bond motifs is 1. The largest absolute Gasteiger partial charge is 0.369 e. The number of benzene rings is 1. The maximum atomic E-state index is 10.5. The maximum absolute atomic E-state index is 10.5. The lowest BCUT2D eigenvalue weighted by molar-refractivity contribution is -0.117. The van der Waals surface area contributed by atoms with Crippen LogP contribution in [0.3, 0.4) is 0 Å². The molecule has 0 saturated carbocycles. The Balaban J connectivity index is 1.91. The van der Waals surface area contributed by atoms with Gasteiger partial charge in [0.25, 0.3) is 0 Å². The number of hydrogen-bond donors (Lipinski definition) is 3. The molecule has 0 aliphatic heterocycles. The molecule has 16 heavy (non-hydrogen) atoms. The Hall–Kier alpha value is -1.88. The van der Waals surface area contributed by atoms with Gasteiger partial charge in [0, 0.05) is 0 Å². The maximum Gasteiger partial charge on any atom is 0.231 e. The van der Waals surface area contributed by atoms with Crippen LogP contribution in [0, 0.1) is 0 Å². The Morgan fingerprint density at radius 3 is 3.19 bits per heavy atom. The van der Waals surface area contributed by atoms with E-state index in [1.807, 2.05) is 12.1 Å². The van der Waals surface area contributed by atoms with Crippen molar-refractivity contribution < 1.29 is 4.79 Å². The van der Waals surface area contributed by atoms with Gasteiger partial charge in [-0.05, 0) is 30.7 Å². The summed E-state index contributed by atoms with van der Waals surface area (Å²) in [6, 6.07) is 6.08. The van der Waals surface area contributed by atoms with Crippen molar-refractivity contribution in [3.63, 3.8) is 0 Å². The smallest absolute Gasteiger partial charge is 0.231 e. The second kappa shape index (κ2) is 4.76. The minimum absolute atomic E-state index is 0.228. The summed E-state index contributed by atoms with van der Waals surface area (Å²) in [5.74, 6) is -0.330. The Labute approximate surface area is 93.1 Å². The van der Waals surface area contributed by atoms with Crippen LogP contribution in [0.25, 0.3) is 11.0 Å². The highest BCUT2D eigenvalue weighted by molar-refractivity contribution is 5.76. The highest BCUT2D eigenvalue weighted by Gasteiger charge is 1.99. The lowest BCUT2D eigenvalue weighted by Gasteiger charge is -2.02. The van der Waals surface area contributed by atoms with Crippen molar-refractivity contribution in [2.45, 2.75) is 6.42 Å². The number of imidazole rings is 1. The minimum atomic E-state index is -0.330. The predicted molar refractivity (Wildman–Crippen MR) is 61.9 cm³/mol. The molecule has 0 atom stereocenters. The van der Waals surface area contributed by atoms with E-state index in [9.17, 15) is 4.79 Å². The Bertz CT molecular complexity index is 491. The summed E-state index contributed by atoms with van der Waals surface area (Å²) < 4.78 is 0. The van der Waals surface area contributed by atoms with Gasteiger partial charge in [0.2, 0.25) is 5.91 Å². The summed E-state index contributed by atoms with van der Waals surface area (Å²) in [6.45, 7) is 0.967. The van der Waals surface area contributed by atoms with Crippen molar-refractivity contribution in [1.82, 2.24) is 15.3 Å². The lowest BCUT2D eigenvalue weighted by Crippen LogP contribution is -2.29. The highest BCUT2D eigenvalue weighted by Crippen LogP contribution is 2.11. The average Bonchev–Trinajstić information content (AvgIpc) is 2.71. The van der Waals surface area contributed by atoms with Crippen LogP contribution in [0.1, 0.15) is 5.56 Å². The Morgan fingerprint density at radius 2 is 2.38 bits per heavy atom. The van der Waals surface area contributed by atoms with Gasteiger partial charge in [0.15, 0.2) is 0 Å². The second-order valence-electron chi connectivity index (χ2n) is 3.65. The molecule has 1 amide bonds. The summed E-state index contributed by atoms with van der Waals surface area (Å²) in [6.07, 6.45) is 2.54. The number of H-pyrrole nitrogens is 1. The Kier molecular flexibility index (Phi) is 3.16. The second-order valence-corrected chi connectivity index (χ2v) is 3.65. The molecule has 0 spiro atoms. The van der Waals surface area contributed by atoms with Gasteiger partial charge in [0.1, 0.15) is 0 Å². The molecular weight excluding hydrogens is 204 g/mol. The third-order valence-corrected chi connectivity index (χ3v) is 2.37. The summed E-state index contributed by atoms with van der Waals surface area (Å²) in [5.41, 5.74) is 8.22. The third-order valence-electron chi connectivity index (χ3n) is 2.37. The van der Waals surface area contributed by atoms with Crippen LogP contribution in [0.2, 0.25) is 0 Å². The number of hydrogen-bond acceptors (Lipinski definition) is 3. The van der Waals surface area contributed by atoms with Gasteiger partial charge in [-0.15, -0.1) is 0 Å². The van der Waals surface area contributed by atoms with E-state index in [0.717, 1.165) is 24.0 Å². The van der Waals surface area contributed by atoms with Gasteiger partial charge >= 0.3 is 0 Å². The Morgan fingerprint density at radius 1 is 1.50 bits per heavy atom. The number of primary amides is 1. The van der Waals surface area contributed by atoms with E-state index >= 15 is 0 Å². The van der Waals surface area contributed by atoms with E-state index in [1.54, 1.807) is 6.33 Å². The van der Waals surface area contributed by atoms with Crippen molar-refractivity contribution >= 4 is 16.9 Å². The predicted octanol–water partition coefficient (Wildman–Crippen LogP) is 0.180. The summed E-state index contributed by atoms with van der Waals surface area (Å²) in [4.78, 5) is 17.7. The lowest BCUT2D eigenvalue weighted by atomic mass is 10.1. The van der Waals surface area contributed by atoms with E-state index in [2.05, 4.69) is 21.4 Å². The SMILES string of the molecule is NC(=O)CNCCc1ccc2nc[nH]c2c1. The average molecular weight is 218 g/mol. The molecule has 1 aromatic carbocycles. The zero-order valence-corrected chi connectivity index (χ0v) is 8.86. The number of rotatable bonds is 5. The first-order chi connectivity index (χ1) is 7.75. The van der Waals surface area contributed by atoms with Crippen molar-refractivity contribution in [1.29, 1.82) is 0 Å². The molecule has 0 aliphatic rings. The summed E-state index contributed by atoms with van der Waals surface area (Å²) >= 11 is 0. The highest BCUT2D eigenvalue weighted by atomic mass is 16.1. The number of nitrogens with two attached hydrogens (primary N) is 1. The van der Waals surface area contributed by atoms with E-state index in [0.29, 0.717) is 0 Å². The van der Waals surface area contributed by atoms with Crippen molar-refractivity contribution in [3.05, 3.63) is 30.1 Å². The molecule has 0 unspecified atom stereocenters. The van der Waals surface area contributed by atoms with Crippen LogP contribution in [0.4, 0.5) is 0 Å². The van der Waals surface area contributed by atoms with E-state index < -0.39 is 0 Å². The molecule has 1 aromatic heterocycles. The molecule has 84 valence electrons. The fraction of sp³-hybridized carbons (Fsp3) is 0.273. The molecule has 2 rings (SSSR count). The molecule has 0 fully saturated rings. The number of amides is 1. The van der Waals surface area contributed by atoms with Gasteiger partial charge in [-0.25, -0.2) is 4.98 Å². The number of carbonyl (C=O) groups is 1. The van der Waals surface area contributed by atoms with Crippen molar-refractivity contribution in [3.8, 4) is 0 Å². The molecule has 5 heteroatoms. The van der Waals surface area contributed by atoms with Crippen LogP contribution >= 0.6 is 0 Å². The van der Waals surface area contributed by atoms with Gasteiger partial charge in [-0.2, -0.15) is 0 Å². The molecule has 0 radical (unpaired) electrons. The van der Waals surface area contributed by atoms with Crippen LogP contribution in [0.15, 0.2) is 24.5 Å². The number of aromatic amines is 1. The quantitative estimate of drug-likeness (QED) is 0.626. The fourth-order valence-corrected chi connectivity index (χ4v) is 1.58. The van der Waals surface area contributed by atoms with Crippen LogP contribution in [-0.2, 0) is 11.2 Å². The molecule has 4 N–H and O–H groups in total. The number of nitrogens with one attached hydrogen (secondary N) is 2. The number of carbonyl (C=O) groups excluding carboxylic acids is 1. The number of nitrogens with zero attached hydrogens (tertiary/aromatic N) is 1. The molecule has 1 heterocycles. The van der Waals surface area contributed by atoms with Gasteiger partial charge in [-0.1, -0.05) is 6.07 Å². The first-order valence-corrected chi connectivity index (χ1v) is 5.17. The molecule has 0 saturated heterocycles. The zero-order chi connectivity index (χ0) is 11.4. The van der Waals surface area contributed by atoms with Gasteiger partial charge < -0.3 is 16.0 Å². The van der Waals surface area contributed by atoms with Crippen molar-refractivity contribution in [2.75, 3.05) is 13.1 Å². The third kappa shape index (κ3) is 2.58. The van der Waals surface area contributed by atoms with Crippen LogP contribution < -0.4 is 11.1 Å². The first-order valence-electron chi connectivity index (χ1n) is 5.17. The first kappa shape index (κ1) is 10.6. The van der Waals surface area contributed by atoms with Gasteiger partial charge in [-0.3, -0.25) is 4.79 Å². The summed E-state index contributed by atoms with van der Waals surface area (Å²) in [7, 11) is 0. The molecule has 0 aliphatic carbocycles. The molecule has 2 aromatic rings. The summed E-state index contributed by atoms with van der Waals surface area (Å²) in [5, 5.41) is 2.97. The zero-order valence-electron chi connectivity index (χ0n) is 8.86. The molecule has 5 nitrogen and oxygen atoms in total. The molecule has 0 bridgehead atoms. The van der Waals surface area contributed by atoms with E-state index in [-0.39, 0.29) is 12.5 Å². The van der Waals surface area contributed by atoms with Crippen LogP contribution in [0.5, 0.6) is 0 Å². The normalized spacial score (nSPS) is 10.8. The number of aromatic nitrogens is 2.